The van der Waals surface area contributed by atoms with E-state index in [2.05, 4.69) is 13.8 Å². The summed E-state index contributed by atoms with van der Waals surface area (Å²) in [5.74, 6) is -3.64. The van der Waals surface area contributed by atoms with Gasteiger partial charge in [0.15, 0.2) is 5.60 Å². The monoisotopic (exact) mass is 332 g/mol. The van der Waals surface area contributed by atoms with Gasteiger partial charge in [0.2, 0.25) is 0 Å². The molecule has 0 aromatic rings. The van der Waals surface area contributed by atoms with E-state index < -0.39 is 42.0 Å². The molecule has 0 rings (SSSR count). The minimum Gasteiger partial charge on any atom is -0.481 e. The normalized spacial score (nSPS) is 16.4. The summed E-state index contributed by atoms with van der Waals surface area (Å²) in [5, 5.41) is 27.5. The molecule has 0 heterocycles. The number of aliphatic hydroxyl groups is 1. The third-order valence-corrected chi connectivity index (χ3v) is 3.87. The van der Waals surface area contributed by atoms with Gasteiger partial charge in [-0.25, -0.2) is 4.79 Å². The van der Waals surface area contributed by atoms with Gasteiger partial charge in [0.05, 0.1) is 12.8 Å². The first-order valence-electron chi connectivity index (χ1n) is 7.83. The number of esters is 1. The molecule has 0 aliphatic heterocycles. The zero-order chi connectivity index (χ0) is 18.3. The number of rotatable bonds is 11. The number of hydrogen-bond acceptors (Lipinski definition) is 5. The highest BCUT2D eigenvalue weighted by Gasteiger charge is 2.42. The second-order valence-electron chi connectivity index (χ2n) is 6.65. The van der Waals surface area contributed by atoms with Crippen LogP contribution in [-0.4, -0.2) is 44.4 Å². The van der Waals surface area contributed by atoms with Crippen molar-refractivity contribution in [3.05, 3.63) is 0 Å². The molecular formula is C16H28O7. The average molecular weight is 332 g/mol. The second kappa shape index (κ2) is 8.86. The van der Waals surface area contributed by atoms with Crippen LogP contribution in [0.25, 0.3) is 0 Å². The molecule has 0 saturated carbocycles. The minimum absolute atomic E-state index is 0.527. The Kier molecular flexibility index (Phi) is 8.23. The lowest BCUT2D eigenvalue weighted by atomic mass is 9.92. The molecule has 7 nitrogen and oxygen atoms in total. The van der Waals surface area contributed by atoms with Crippen molar-refractivity contribution in [3.8, 4) is 0 Å². The standard InChI is InChI=1S/C16H28O7/c1-5-15(4,8-6-7-11(2)3)23-13(19)10-16(22,14(20)21)9-12(17)18/h11,22H,5-10H2,1-4H3,(H,17,18)(H,20,21). The van der Waals surface area contributed by atoms with E-state index in [0.717, 1.165) is 12.8 Å². The molecular weight excluding hydrogens is 304 g/mol. The van der Waals surface area contributed by atoms with Crippen LogP contribution in [0.1, 0.15) is 66.2 Å². The third kappa shape index (κ3) is 7.97. The SMILES string of the molecule is CCC(C)(CCCC(C)C)OC(=O)CC(O)(CC(=O)O)C(=O)O. The number of carboxylic acids is 2. The zero-order valence-corrected chi connectivity index (χ0v) is 14.3. The van der Waals surface area contributed by atoms with Crippen molar-refractivity contribution in [1.82, 2.24) is 0 Å². The summed E-state index contributed by atoms with van der Waals surface area (Å²) in [4.78, 5) is 33.7. The van der Waals surface area contributed by atoms with Gasteiger partial charge < -0.3 is 20.1 Å². The lowest BCUT2D eigenvalue weighted by Crippen LogP contribution is -2.44. The van der Waals surface area contributed by atoms with Crippen LogP contribution in [0.5, 0.6) is 0 Å². The van der Waals surface area contributed by atoms with Crippen LogP contribution in [0, 0.1) is 5.92 Å². The van der Waals surface area contributed by atoms with Gasteiger partial charge in [0, 0.05) is 0 Å². The molecule has 0 radical (unpaired) electrons. The maximum Gasteiger partial charge on any atom is 0.336 e. The maximum atomic E-state index is 12.0. The van der Waals surface area contributed by atoms with Crippen molar-refractivity contribution in [2.24, 2.45) is 5.92 Å². The van der Waals surface area contributed by atoms with Gasteiger partial charge in [-0.1, -0.05) is 27.2 Å². The molecule has 2 atom stereocenters. The highest BCUT2D eigenvalue weighted by molar-refractivity contribution is 5.88. The Balaban J connectivity index is 4.80. The van der Waals surface area contributed by atoms with Crippen molar-refractivity contribution in [1.29, 1.82) is 0 Å². The van der Waals surface area contributed by atoms with Crippen molar-refractivity contribution in [3.63, 3.8) is 0 Å². The molecule has 23 heavy (non-hydrogen) atoms. The minimum atomic E-state index is -2.66. The predicted octanol–water partition coefficient (Wildman–Crippen LogP) is 2.21. The quantitative estimate of drug-likeness (QED) is 0.496. The van der Waals surface area contributed by atoms with Crippen LogP contribution >= 0.6 is 0 Å². The largest absolute Gasteiger partial charge is 0.481 e. The second-order valence-corrected chi connectivity index (χ2v) is 6.65. The van der Waals surface area contributed by atoms with Gasteiger partial charge in [-0.3, -0.25) is 9.59 Å². The topological polar surface area (TPSA) is 121 Å². The van der Waals surface area contributed by atoms with Gasteiger partial charge in [0.1, 0.15) is 5.60 Å². The predicted molar refractivity (Wildman–Crippen MR) is 82.9 cm³/mol. The molecule has 134 valence electrons. The van der Waals surface area contributed by atoms with E-state index >= 15 is 0 Å². The molecule has 2 unspecified atom stereocenters. The van der Waals surface area contributed by atoms with E-state index in [-0.39, 0.29) is 0 Å². The van der Waals surface area contributed by atoms with E-state index in [1.165, 1.54) is 0 Å². The number of carbonyl (C=O) groups excluding carboxylic acids is 1. The summed E-state index contributed by atoms with van der Waals surface area (Å²) < 4.78 is 5.34. The van der Waals surface area contributed by atoms with Crippen LogP contribution in [0.4, 0.5) is 0 Å². The first-order valence-corrected chi connectivity index (χ1v) is 7.83. The lowest BCUT2D eigenvalue weighted by molar-refractivity contribution is -0.177. The summed E-state index contributed by atoms with van der Waals surface area (Å²) in [6.45, 7) is 7.79. The summed E-state index contributed by atoms with van der Waals surface area (Å²) in [7, 11) is 0. The van der Waals surface area contributed by atoms with E-state index in [4.69, 9.17) is 14.9 Å². The highest BCUT2D eigenvalue weighted by Crippen LogP contribution is 2.26. The summed E-state index contributed by atoms with van der Waals surface area (Å²) in [6, 6.07) is 0. The van der Waals surface area contributed by atoms with E-state index in [1.807, 2.05) is 6.92 Å². The molecule has 0 aromatic heterocycles. The van der Waals surface area contributed by atoms with E-state index in [0.29, 0.717) is 18.8 Å². The van der Waals surface area contributed by atoms with Crippen LogP contribution in [0.15, 0.2) is 0 Å². The van der Waals surface area contributed by atoms with Crippen molar-refractivity contribution in [2.45, 2.75) is 77.4 Å². The zero-order valence-electron chi connectivity index (χ0n) is 14.3. The molecule has 0 amide bonds. The Morgan fingerprint density at radius 2 is 1.70 bits per heavy atom. The number of carbonyl (C=O) groups is 3. The highest BCUT2D eigenvalue weighted by atomic mass is 16.6. The van der Waals surface area contributed by atoms with Crippen molar-refractivity contribution >= 4 is 17.9 Å². The Hall–Kier alpha value is -1.63. The van der Waals surface area contributed by atoms with Gasteiger partial charge in [-0.15, -0.1) is 0 Å². The fourth-order valence-corrected chi connectivity index (χ4v) is 2.20. The van der Waals surface area contributed by atoms with Crippen LogP contribution in [-0.2, 0) is 19.1 Å². The number of aliphatic carboxylic acids is 2. The molecule has 0 aromatic carbocycles. The van der Waals surface area contributed by atoms with Gasteiger partial charge in [-0.05, 0) is 32.1 Å². The first-order chi connectivity index (χ1) is 10.4. The van der Waals surface area contributed by atoms with E-state index in [1.54, 1.807) is 6.92 Å². The summed E-state index contributed by atoms with van der Waals surface area (Å²) >= 11 is 0. The molecule has 0 bridgehead atoms. The fraction of sp³-hybridized carbons (Fsp3) is 0.812. The molecule has 0 spiro atoms. The summed E-state index contributed by atoms with van der Waals surface area (Å²) in [5.41, 5.74) is -3.41. The van der Waals surface area contributed by atoms with Crippen molar-refractivity contribution < 1.29 is 34.4 Å². The molecule has 3 N–H and O–H groups in total. The van der Waals surface area contributed by atoms with Crippen molar-refractivity contribution in [2.75, 3.05) is 0 Å². The molecule has 0 saturated heterocycles. The smallest absolute Gasteiger partial charge is 0.336 e. The first kappa shape index (κ1) is 21.4. The Morgan fingerprint density at radius 1 is 1.13 bits per heavy atom. The Labute approximate surface area is 136 Å². The van der Waals surface area contributed by atoms with Gasteiger partial charge in [-0.2, -0.15) is 0 Å². The molecule has 0 fully saturated rings. The van der Waals surface area contributed by atoms with Crippen LogP contribution in [0.2, 0.25) is 0 Å². The molecule has 7 heteroatoms. The Morgan fingerprint density at radius 3 is 2.09 bits per heavy atom. The summed E-state index contributed by atoms with van der Waals surface area (Å²) in [6.07, 6.45) is 1.04. The van der Waals surface area contributed by atoms with Gasteiger partial charge >= 0.3 is 17.9 Å². The molecule has 0 aliphatic carbocycles. The van der Waals surface area contributed by atoms with Crippen LogP contribution in [0.3, 0.4) is 0 Å². The van der Waals surface area contributed by atoms with Gasteiger partial charge in [0.25, 0.3) is 0 Å². The Bertz CT molecular complexity index is 432. The number of hydrogen-bond donors (Lipinski definition) is 3. The fourth-order valence-electron chi connectivity index (χ4n) is 2.20. The average Bonchev–Trinajstić information content (AvgIpc) is 2.36. The van der Waals surface area contributed by atoms with Crippen LogP contribution < -0.4 is 0 Å². The number of carboxylic acid groups (broad SMARTS) is 2. The lowest BCUT2D eigenvalue weighted by Gasteiger charge is -2.30. The number of ether oxygens (including phenoxy) is 1. The maximum absolute atomic E-state index is 12.0. The molecule has 0 aliphatic rings. The third-order valence-electron chi connectivity index (χ3n) is 3.87. The van der Waals surface area contributed by atoms with E-state index in [9.17, 15) is 19.5 Å².